The molecule has 2 atom stereocenters. The van der Waals surface area contributed by atoms with Gasteiger partial charge in [-0.25, -0.2) is 14.4 Å². The van der Waals surface area contributed by atoms with Crippen molar-refractivity contribution in [1.82, 2.24) is 9.97 Å². The van der Waals surface area contributed by atoms with Gasteiger partial charge in [0.15, 0.2) is 0 Å². The fraction of sp³-hybridized carbons (Fsp3) is 0.333. The van der Waals surface area contributed by atoms with Gasteiger partial charge in [0.2, 0.25) is 5.95 Å². The molecule has 1 N–H and O–H groups in total. The van der Waals surface area contributed by atoms with E-state index in [9.17, 15) is 22.7 Å². The van der Waals surface area contributed by atoms with Gasteiger partial charge in [0.25, 0.3) is 0 Å². The predicted molar refractivity (Wildman–Crippen MR) is 74.1 cm³/mol. The van der Waals surface area contributed by atoms with Crippen molar-refractivity contribution in [2.75, 3.05) is 11.4 Å². The van der Waals surface area contributed by atoms with Gasteiger partial charge in [-0.15, -0.1) is 0 Å². The van der Waals surface area contributed by atoms with E-state index >= 15 is 0 Å². The Balaban J connectivity index is 1.97. The van der Waals surface area contributed by atoms with Crippen LogP contribution in [0.3, 0.4) is 0 Å². The fourth-order valence-corrected chi connectivity index (χ4v) is 2.71. The number of β-amino-alcohol motifs (C(OH)–C–C–N with tert-alkyl or cyclic N) is 1. The number of alkyl halides is 3. The minimum absolute atomic E-state index is 0.0858. The topological polar surface area (TPSA) is 49.2 Å². The van der Waals surface area contributed by atoms with Crippen molar-refractivity contribution in [3.8, 4) is 0 Å². The van der Waals surface area contributed by atoms with E-state index in [2.05, 4.69) is 9.97 Å². The maximum Gasteiger partial charge on any atom is 0.433 e. The number of halogens is 4. The zero-order valence-electron chi connectivity index (χ0n) is 11.8. The van der Waals surface area contributed by atoms with E-state index in [1.807, 2.05) is 0 Å². The molecule has 1 aromatic carbocycles. The largest absolute Gasteiger partial charge is 0.433 e. The number of anilines is 1. The number of benzene rings is 1. The maximum atomic E-state index is 13.4. The Hall–Kier alpha value is -2.22. The first-order valence-corrected chi connectivity index (χ1v) is 6.95. The molecular formula is C15H13F4N3O. The Labute approximate surface area is 129 Å². The summed E-state index contributed by atoms with van der Waals surface area (Å²) in [5.41, 5.74) is -0.496. The monoisotopic (exact) mass is 327 g/mol. The quantitative estimate of drug-likeness (QED) is 0.862. The molecule has 8 heteroatoms. The standard InChI is InChI=1S/C15H13F4N3O/c16-10-3-1-2-9(6-10)12-7-11(23)8-22(12)14-20-5-4-13(21-14)15(17,18)19/h1-6,11-12,23H,7-8H2/t11-,12+/m0/s1. The summed E-state index contributed by atoms with van der Waals surface area (Å²) in [6.07, 6.45) is -4.03. The number of hydrogen-bond acceptors (Lipinski definition) is 4. The molecule has 122 valence electrons. The van der Waals surface area contributed by atoms with E-state index in [-0.39, 0.29) is 18.9 Å². The summed E-state index contributed by atoms with van der Waals surface area (Å²) in [6.45, 7) is 0.0858. The van der Waals surface area contributed by atoms with Crippen molar-refractivity contribution in [3.63, 3.8) is 0 Å². The Morgan fingerprint density at radius 3 is 2.70 bits per heavy atom. The highest BCUT2D eigenvalue weighted by atomic mass is 19.4. The molecule has 0 amide bonds. The molecule has 0 radical (unpaired) electrons. The summed E-state index contributed by atoms with van der Waals surface area (Å²) in [7, 11) is 0. The van der Waals surface area contributed by atoms with Gasteiger partial charge in [0.1, 0.15) is 11.5 Å². The first-order chi connectivity index (χ1) is 10.8. The second kappa shape index (κ2) is 5.77. The SMILES string of the molecule is O[C@H]1C[C@H](c2cccc(F)c2)N(c2nccc(C(F)(F)F)n2)C1. The van der Waals surface area contributed by atoms with Crippen LogP contribution in [0.15, 0.2) is 36.5 Å². The van der Waals surface area contributed by atoms with Crippen molar-refractivity contribution in [2.45, 2.75) is 24.7 Å². The highest BCUT2D eigenvalue weighted by Gasteiger charge is 2.37. The van der Waals surface area contributed by atoms with Crippen LogP contribution in [-0.4, -0.2) is 27.7 Å². The van der Waals surface area contributed by atoms with Gasteiger partial charge in [-0.05, 0) is 30.2 Å². The molecule has 0 unspecified atom stereocenters. The van der Waals surface area contributed by atoms with Crippen molar-refractivity contribution < 1.29 is 22.7 Å². The van der Waals surface area contributed by atoms with Crippen LogP contribution in [0.5, 0.6) is 0 Å². The second-order valence-corrected chi connectivity index (χ2v) is 5.35. The van der Waals surface area contributed by atoms with Gasteiger partial charge in [0.05, 0.1) is 12.1 Å². The molecule has 0 spiro atoms. The third-order valence-corrected chi connectivity index (χ3v) is 3.70. The van der Waals surface area contributed by atoms with Crippen molar-refractivity contribution in [2.24, 2.45) is 0 Å². The molecule has 1 aliphatic rings. The summed E-state index contributed by atoms with van der Waals surface area (Å²) in [4.78, 5) is 8.89. The smallest absolute Gasteiger partial charge is 0.391 e. The minimum atomic E-state index is -4.58. The van der Waals surface area contributed by atoms with Crippen LogP contribution < -0.4 is 4.90 Å². The average Bonchev–Trinajstić information content (AvgIpc) is 2.89. The summed E-state index contributed by atoms with van der Waals surface area (Å²) >= 11 is 0. The lowest BCUT2D eigenvalue weighted by Crippen LogP contribution is -2.27. The molecule has 3 rings (SSSR count). The summed E-state index contributed by atoms with van der Waals surface area (Å²) in [5.74, 6) is -0.584. The number of nitrogens with zero attached hydrogens (tertiary/aromatic N) is 3. The molecule has 0 saturated carbocycles. The first kappa shape index (κ1) is 15.7. The lowest BCUT2D eigenvalue weighted by molar-refractivity contribution is -0.141. The van der Waals surface area contributed by atoms with Gasteiger partial charge in [-0.1, -0.05) is 12.1 Å². The molecule has 23 heavy (non-hydrogen) atoms. The number of rotatable bonds is 2. The summed E-state index contributed by atoms with van der Waals surface area (Å²) in [5, 5.41) is 9.88. The van der Waals surface area contributed by atoms with E-state index in [1.165, 1.54) is 23.1 Å². The Bertz CT molecular complexity index is 707. The third-order valence-electron chi connectivity index (χ3n) is 3.70. The third kappa shape index (κ3) is 3.26. The second-order valence-electron chi connectivity index (χ2n) is 5.35. The first-order valence-electron chi connectivity index (χ1n) is 6.95. The molecule has 1 aliphatic heterocycles. The van der Waals surface area contributed by atoms with Crippen molar-refractivity contribution in [3.05, 3.63) is 53.6 Å². The molecule has 2 aromatic rings. The fourth-order valence-electron chi connectivity index (χ4n) is 2.71. The van der Waals surface area contributed by atoms with Crippen molar-refractivity contribution in [1.29, 1.82) is 0 Å². The number of aromatic nitrogens is 2. The van der Waals surface area contributed by atoms with E-state index in [0.717, 1.165) is 12.3 Å². The number of hydrogen-bond donors (Lipinski definition) is 1. The minimum Gasteiger partial charge on any atom is -0.391 e. The van der Waals surface area contributed by atoms with Gasteiger partial charge in [-0.2, -0.15) is 13.2 Å². The van der Waals surface area contributed by atoms with Crippen LogP contribution in [0.4, 0.5) is 23.5 Å². The van der Waals surface area contributed by atoms with E-state index < -0.39 is 29.8 Å². The number of aliphatic hydroxyl groups excluding tert-OH is 1. The van der Waals surface area contributed by atoms with E-state index in [4.69, 9.17) is 0 Å². The van der Waals surface area contributed by atoms with Gasteiger partial charge >= 0.3 is 6.18 Å². The molecule has 2 heterocycles. The molecule has 1 fully saturated rings. The van der Waals surface area contributed by atoms with E-state index in [0.29, 0.717) is 5.56 Å². The van der Waals surface area contributed by atoms with Crippen molar-refractivity contribution >= 4 is 5.95 Å². The predicted octanol–water partition coefficient (Wildman–Crippen LogP) is 2.95. The van der Waals surface area contributed by atoms with Crippen LogP contribution in [0.25, 0.3) is 0 Å². The lowest BCUT2D eigenvalue weighted by Gasteiger charge is -2.25. The average molecular weight is 327 g/mol. The highest BCUT2D eigenvalue weighted by molar-refractivity contribution is 5.40. The molecule has 1 saturated heterocycles. The van der Waals surface area contributed by atoms with Crippen LogP contribution in [0.2, 0.25) is 0 Å². The molecule has 1 aromatic heterocycles. The Morgan fingerprint density at radius 1 is 1.22 bits per heavy atom. The maximum absolute atomic E-state index is 13.4. The van der Waals surface area contributed by atoms with Crippen LogP contribution in [-0.2, 0) is 6.18 Å². The zero-order valence-corrected chi connectivity index (χ0v) is 11.8. The lowest BCUT2D eigenvalue weighted by atomic mass is 10.0. The summed E-state index contributed by atoms with van der Waals surface area (Å²) < 4.78 is 51.8. The number of aliphatic hydroxyl groups is 1. The zero-order chi connectivity index (χ0) is 16.6. The Morgan fingerprint density at radius 2 is 2.00 bits per heavy atom. The summed E-state index contributed by atoms with van der Waals surface area (Å²) in [6, 6.07) is 6.05. The molecule has 4 nitrogen and oxygen atoms in total. The van der Waals surface area contributed by atoms with Crippen LogP contribution in [0, 0.1) is 5.82 Å². The molecule has 0 bridgehead atoms. The van der Waals surface area contributed by atoms with Gasteiger partial charge in [0, 0.05) is 12.7 Å². The Kier molecular flexibility index (Phi) is 3.93. The van der Waals surface area contributed by atoms with Crippen LogP contribution in [0.1, 0.15) is 23.7 Å². The van der Waals surface area contributed by atoms with Crippen LogP contribution >= 0.6 is 0 Å². The van der Waals surface area contributed by atoms with Gasteiger partial charge in [-0.3, -0.25) is 0 Å². The normalized spacial score (nSPS) is 21.7. The highest BCUT2D eigenvalue weighted by Crippen LogP contribution is 2.36. The molecular weight excluding hydrogens is 314 g/mol. The van der Waals surface area contributed by atoms with Gasteiger partial charge < -0.3 is 10.0 Å². The molecule has 0 aliphatic carbocycles. The van der Waals surface area contributed by atoms with E-state index in [1.54, 1.807) is 6.07 Å².